The van der Waals surface area contributed by atoms with E-state index in [1.807, 2.05) is 30.3 Å². The van der Waals surface area contributed by atoms with Crippen molar-refractivity contribution in [2.75, 3.05) is 6.61 Å². The second-order valence-corrected chi connectivity index (χ2v) is 8.09. The molecule has 0 aliphatic heterocycles. The summed E-state index contributed by atoms with van der Waals surface area (Å²) < 4.78 is 7.69. The van der Waals surface area contributed by atoms with Gasteiger partial charge in [-0.3, -0.25) is 4.79 Å². The molecule has 1 heterocycles. The Balaban J connectivity index is 1.47. The molecule has 0 saturated carbocycles. The summed E-state index contributed by atoms with van der Waals surface area (Å²) in [5.41, 5.74) is 6.86. The molecule has 0 radical (unpaired) electrons. The summed E-state index contributed by atoms with van der Waals surface area (Å²) in [6.45, 7) is 2.59. The molecule has 162 valence electrons. The van der Waals surface area contributed by atoms with Crippen LogP contribution in [-0.2, 0) is 11.3 Å². The van der Waals surface area contributed by atoms with Gasteiger partial charge in [-0.1, -0.05) is 71.7 Å². The Bertz CT molecular complexity index is 1280. The van der Waals surface area contributed by atoms with Gasteiger partial charge < -0.3 is 9.30 Å². The number of rotatable bonds is 7. The zero-order valence-electron chi connectivity index (χ0n) is 17.4. The molecular formula is C25H21Cl2N3O2. The summed E-state index contributed by atoms with van der Waals surface area (Å²) in [4.78, 5) is 12.2. The Hall–Kier alpha value is -3.28. The Labute approximate surface area is 196 Å². The molecule has 1 amide bonds. The van der Waals surface area contributed by atoms with Crippen molar-refractivity contribution in [2.24, 2.45) is 5.10 Å². The zero-order chi connectivity index (χ0) is 22.5. The van der Waals surface area contributed by atoms with E-state index in [0.29, 0.717) is 15.8 Å². The number of hydrogen-bond donors (Lipinski definition) is 1. The van der Waals surface area contributed by atoms with E-state index in [9.17, 15) is 4.79 Å². The van der Waals surface area contributed by atoms with Gasteiger partial charge in [0, 0.05) is 33.7 Å². The largest absolute Gasteiger partial charge is 0.482 e. The summed E-state index contributed by atoms with van der Waals surface area (Å²) in [7, 11) is 0. The molecule has 0 atom stereocenters. The van der Waals surface area contributed by atoms with Gasteiger partial charge in [0.25, 0.3) is 5.91 Å². The standard InChI is InChI=1S/C25H21Cl2N3O2/c1-17-21(14-28-29-25(31)16-32-24-12-11-19(26)13-22(24)27)20-9-5-6-10-23(20)30(17)15-18-7-3-2-4-8-18/h2-14H,15-16H2,1H3,(H,29,31). The lowest BCUT2D eigenvalue weighted by Crippen LogP contribution is -2.24. The smallest absolute Gasteiger partial charge is 0.277 e. The van der Waals surface area contributed by atoms with Crippen molar-refractivity contribution in [3.05, 3.63) is 99.7 Å². The summed E-state index contributed by atoms with van der Waals surface area (Å²) in [6.07, 6.45) is 1.67. The molecule has 5 nitrogen and oxygen atoms in total. The van der Waals surface area contributed by atoms with Crippen molar-refractivity contribution in [3.63, 3.8) is 0 Å². The molecule has 0 bridgehead atoms. The fraction of sp³-hybridized carbons (Fsp3) is 0.120. The molecule has 0 fully saturated rings. The van der Waals surface area contributed by atoms with Gasteiger partial charge in [-0.2, -0.15) is 5.10 Å². The fourth-order valence-corrected chi connectivity index (χ4v) is 3.99. The van der Waals surface area contributed by atoms with Crippen LogP contribution in [0.15, 0.2) is 77.9 Å². The van der Waals surface area contributed by atoms with E-state index in [0.717, 1.165) is 28.7 Å². The number of amides is 1. The Kier molecular flexibility index (Phi) is 6.78. The zero-order valence-corrected chi connectivity index (χ0v) is 18.9. The molecular weight excluding hydrogens is 445 g/mol. The van der Waals surface area contributed by atoms with E-state index in [2.05, 4.69) is 46.3 Å². The number of fused-ring (bicyclic) bond motifs is 1. The number of carbonyl (C=O) groups is 1. The highest BCUT2D eigenvalue weighted by atomic mass is 35.5. The van der Waals surface area contributed by atoms with E-state index < -0.39 is 5.91 Å². The maximum atomic E-state index is 12.2. The van der Waals surface area contributed by atoms with Crippen molar-refractivity contribution in [1.82, 2.24) is 9.99 Å². The van der Waals surface area contributed by atoms with Gasteiger partial charge in [0.2, 0.25) is 0 Å². The third-order valence-corrected chi connectivity index (χ3v) is 5.63. The number of ether oxygens (including phenoxy) is 1. The first-order valence-electron chi connectivity index (χ1n) is 10.0. The van der Waals surface area contributed by atoms with Gasteiger partial charge in [-0.05, 0) is 36.8 Å². The minimum atomic E-state index is -0.391. The maximum Gasteiger partial charge on any atom is 0.277 e. The van der Waals surface area contributed by atoms with Gasteiger partial charge in [-0.25, -0.2) is 5.43 Å². The molecule has 1 N–H and O–H groups in total. The highest BCUT2D eigenvalue weighted by Crippen LogP contribution is 2.27. The summed E-state index contributed by atoms with van der Waals surface area (Å²) in [6, 6.07) is 23.3. The topological polar surface area (TPSA) is 55.6 Å². The second kappa shape index (κ2) is 9.90. The van der Waals surface area contributed by atoms with Gasteiger partial charge >= 0.3 is 0 Å². The van der Waals surface area contributed by atoms with Crippen LogP contribution < -0.4 is 10.2 Å². The average Bonchev–Trinajstić information content (AvgIpc) is 3.05. The SMILES string of the molecule is Cc1c(C=NNC(=O)COc2ccc(Cl)cc2Cl)c2ccccc2n1Cc1ccccc1. The first-order chi connectivity index (χ1) is 15.5. The molecule has 4 rings (SSSR count). The van der Waals surface area contributed by atoms with Crippen LogP contribution in [0, 0.1) is 6.92 Å². The van der Waals surface area contributed by atoms with E-state index in [4.69, 9.17) is 27.9 Å². The molecule has 0 aliphatic carbocycles. The first-order valence-corrected chi connectivity index (χ1v) is 10.8. The van der Waals surface area contributed by atoms with Crippen LogP contribution in [0.5, 0.6) is 5.75 Å². The van der Waals surface area contributed by atoms with Gasteiger partial charge in [0.1, 0.15) is 5.75 Å². The summed E-state index contributed by atoms with van der Waals surface area (Å²) in [5.74, 6) is -0.00651. The molecule has 0 saturated heterocycles. The Morgan fingerprint density at radius 1 is 1.06 bits per heavy atom. The van der Waals surface area contributed by atoms with Crippen molar-refractivity contribution in [1.29, 1.82) is 0 Å². The minimum absolute atomic E-state index is 0.215. The number of nitrogens with one attached hydrogen (secondary N) is 1. The molecule has 0 spiro atoms. The van der Waals surface area contributed by atoms with E-state index >= 15 is 0 Å². The normalized spacial score (nSPS) is 11.2. The van der Waals surface area contributed by atoms with Crippen LogP contribution in [0.3, 0.4) is 0 Å². The Morgan fingerprint density at radius 3 is 2.59 bits per heavy atom. The molecule has 4 aromatic rings. The third-order valence-electron chi connectivity index (χ3n) is 5.10. The maximum absolute atomic E-state index is 12.2. The predicted molar refractivity (Wildman–Crippen MR) is 130 cm³/mol. The quantitative estimate of drug-likeness (QED) is 0.275. The van der Waals surface area contributed by atoms with Crippen molar-refractivity contribution in [3.8, 4) is 5.75 Å². The lowest BCUT2D eigenvalue weighted by atomic mass is 10.1. The number of aromatic nitrogens is 1. The second-order valence-electron chi connectivity index (χ2n) is 7.24. The van der Waals surface area contributed by atoms with Crippen LogP contribution in [0.25, 0.3) is 10.9 Å². The number of carbonyl (C=O) groups excluding carboxylic acids is 1. The van der Waals surface area contributed by atoms with Crippen LogP contribution in [0.4, 0.5) is 0 Å². The minimum Gasteiger partial charge on any atom is -0.482 e. The van der Waals surface area contributed by atoms with Crippen molar-refractivity contribution < 1.29 is 9.53 Å². The molecule has 3 aromatic carbocycles. The number of hydrogen-bond acceptors (Lipinski definition) is 3. The number of halogens is 2. The summed E-state index contributed by atoms with van der Waals surface area (Å²) in [5, 5.41) is 6.06. The van der Waals surface area contributed by atoms with Crippen LogP contribution in [0.1, 0.15) is 16.8 Å². The number of hydrazone groups is 1. The number of nitrogens with zero attached hydrogens (tertiary/aromatic N) is 2. The van der Waals surface area contributed by atoms with Crippen molar-refractivity contribution >= 4 is 46.2 Å². The third kappa shape index (κ3) is 4.96. The fourth-order valence-electron chi connectivity index (χ4n) is 3.53. The average molecular weight is 466 g/mol. The van der Waals surface area contributed by atoms with Crippen LogP contribution in [-0.4, -0.2) is 23.3 Å². The summed E-state index contributed by atoms with van der Waals surface area (Å²) >= 11 is 11.9. The molecule has 7 heteroatoms. The molecule has 1 aromatic heterocycles. The van der Waals surface area contributed by atoms with E-state index in [1.165, 1.54) is 5.56 Å². The highest BCUT2D eigenvalue weighted by molar-refractivity contribution is 6.35. The van der Waals surface area contributed by atoms with E-state index in [1.54, 1.807) is 24.4 Å². The van der Waals surface area contributed by atoms with Crippen LogP contribution in [0.2, 0.25) is 10.0 Å². The number of benzene rings is 3. The van der Waals surface area contributed by atoms with E-state index in [-0.39, 0.29) is 6.61 Å². The lowest BCUT2D eigenvalue weighted by Gasteiger charge is -2.08. The van der Waals surface area contributed by atoms with Gasteiger partial charge in [-0.15, -0.1) is 0 Å². The highest BCUT2D eigenvalue weighted by Gasteiger charge is 2.13. The number of para-hydroxylation sites is 1. The first kappa shape index (κ1) is 21.9. The lowest BCUT2D eigenvalue weighted by molar-refractivity contribution is -0.123. The molecule has 0 aliphatic rings. The monoisotopic (exact) mass is 465 g/mol. The molecule has 0 unspecified atom stereocenters. The van der Waals surface area contributed by atoms with Gasteiger partial charge in [0.15, 0.2) is 6.61 Å². The molecule has 32 heavy (non-hydrogen) atoms. The van der Waals surface area contributed by atoms with Crippen LogP contribution >= 0.6 is 23.2 Å². The predicted octanol–water partition coefficient (Wildman–Crippen LogP) is 5.83. The van der Waals surface area contributed by atoms with Gasteiger partial charge in [0.05, 0.1) is 11.2 Å². The Morgan fingerprint density at radius 2 is 1.81 bits per heavy atom. The van der Waals surface area contributed by atoms with Crippen molar-refractivity contribution in [2.45, 2.75) is 13.5 Å².